The summed E-state index contributed by atoms with van der Waals surface area (Å²) >= 11 is 0. The quantitative estimate of drug-likeness (QED) is 0.823. The van der Waals surface area contributed by atoms with Gasteiger partial charge in [0.1, 0.15) is 11.2 Å². The first-order chi connectivity index (χ1) is 7.04. The molecule has 2 rings (SSSR count). The molecule has 1 aliphatic rings. The molecule has 1 N–H and O–H groups in total. The number of nitrogens with zero attached hydrogens (tertiary/aromatic N) is 1. The molecule has 0 atom stereocenters. The molecule has 1 aliphatic carbocycles. The number of aromatic nitrogens is 1. The van der Waals surface area contributed by atoms with Crippen LogP contribution in [0, 0.1) is 5.92 Å². The molecule has 1 fully saturated rings. The summed E-state index contributed by atoms with van der Waals surface area (Å²) in [7, 11) is 0. The highest BCUT2D eigenvalue weighted by Crippen LogP contribution is 2.48. The molecule has 4 nitrogen and oxygen atoms in total. The Bertz CT molecular complexity index is 377. The first-order valence-electron chi connectivity index (χ1n) is 5.23. The van der Waals surface area contributed by atoms with Crippen molar-refractivity contribution in [2.24, 2.45) is 5.92 Å². The maximum absolute atomic E-state index is 11.0. The SMILES string of the molecule is CC(C)Cc1ncc(C2(C(=O)O)CC2)o1. The summed E-state index contributed by atoms with van der Waals surface area (Å²) in [4.78, 5) is 15.1. The van der Waals surface area contributed by atoms with E-state index in [1.54, 1.807) is 6.20 Å². The van der Waals surface area contributed by atoms with E-state index < -0.39 is 11.4 Å². The standard InChI is InChI=1S/C11H15NO3/c1-7(2)5-9-12-6-8(15-9)11(3-4-11)10(13)14/h6-7H,3-5H2,1-2H3,(H,13,14). The Hall–Kier alpha value is -1.32. The Morgan fingerprint density at radius 2 is 2.33 bits per heavy atom. The number of carbonyl (C=O) groups is 1. The van der Waals surface area contributed by atoms with Crippen molar-refractivity contribution in [3.63, 3.8) is 0 Å². The van der Waals surface area contributed by atoms with E-state index in [9.17, 15) is 4.79 Å². The van der Waals surface area contributed by atoms with Gasteiger partial charge in [0.15, 0.2) is 5.89 Å². The number of carboxylic acid groups (broad SMARTS) is 1. The minimum Gasteiger partial charge on any atom is -0.480 e. The molecule has 0 amide bonds. The minimum atomic E-state index is -0.797. The van der Waals surface area contributed by atoms with Gasteiger partial charge in [-0.15, -0.1) is 0 Å². The molecule has 0 spiro atoms. The Labute approximate surface area is 88.3 Å². The third-order valence-electron chi connectivity index (χ3n) is 2.77. The highest BCUT2D eigenvalue weighted by atomic mass is 16.4. The van der Waals surface area contributed by atoms with Gasteiger partial charge in [-0.05, 0) is 18.8 Å². The van der Waals surface area contributed by atoms with Crippen molar-refractivity contribution in [3.05, 3.63) is 17.8 Å². The number of rotatable bonds is 4. The van der Waals surface area contributed by atoms with Crippen LogP contribution < -0.4 is 0 Å². The molecule has 4 heteroatoms. The maximum atomic E-state index is 11.0. The number of aliphatic carboxylic acids is 1. The molecule has 1 heterocycles. The summed E-state index contributed by atoms with van der Waals surface area (Å²) in [5.41, 5.74) is -0.762. The monoisotopic (exact) mass is 209 g/mol. The van der Waals surface area contributed by atoms with E-state index in [1.807, 2.05) is 0 Å². The molecule has 0 unspecified atom stereocenters. The van der Waals surface area contributed by atoms with Crippen LogP contribution in [0.1, 0.15) is 38.3 Å². The van der Waals surface area contributed by atoms with Gasteiger partial charge in [0.2, 0.25) is 0 Å². The predicted octanol–water partition coefficient (Wildman–Crippen LogP) is 1.99. The van der Waals surface area contributed by atoms with E-state index in [2.05, 4.69) is 18.8 Å². The van der Waals surface area contributed by atoms with Gasteiger partial charge in [0.25, 0.3) is 0 Å². The molecule has 0 bridgehead atoms. The van der Waals surface area contributed by atoms with Gasteiger partial charge in [0, 0.05) is 6.42 Å². The van der Waals surface area contributed by atoms with Crippen LogP contribution in [-0.4, -0.2) is 16.1 Å². The summed E-state index contributed by atoms with van der Waals surface area (Å²) in [6.07, 6.45) is 3.66. The summed E-state index contributed by atoms with van der Waals surface area (Å²) in [6, 6.07) is 0. The van der Waals surface area contributed by atoms with Crippen molar-refractivity contribution < 1.29 is 14.3 Å². The smallest absolute Gasteiger partial charge is 0.317 e. The van der Waals surface area contributed by atoms with Crippen molar-refractivity contribution >= 4 is 5.97 Å². The van der Waals surface area contributed by atoms with Gasteiger partial charge < -0.3 is 9.52 Å². The van der Waals surface area contributed by atoms with Crippen molar-refractivity contribution in [1.82, 2.24) is 4.98 Å². The second-order valence-corrected chi connectivity index (χ2v) is 4.60. The summed E-state index contributed by atoms with van der Waals surface area (Å²) < 4.78 is 5.49. The second kappa shape index (κ2) is 3.36. The molecular weight excluding hydrogens is 194 g/mol. The molecule has 15 heavy (non-hydrogen) atoms. The van der Waals surface area contributed by atoms with Gasteiger partial charge in [0.05, 0.1) is 6.20 Å². The van der Waals surface area contributed by atoms with E-state index >= 15 is 0 Å². The molecule has 1 saturated carbocycles. The van der Waals surface area contributed by atoms with Crippen molar-refractivity contribution in [2.75, 3.05) is 0 Å². The zero-order valence-electron chi connectivity index (χ0n) is 8.99. The van der Waals surface area contributed by atoms with Crippen molar-refractivity contribution in [1.29, 1.82) is 0 Å². The minimum absolute atomic E-state index is 0.469. The highest BCUT2D eigenvalue weighted by Gasteiger charge is 2.54. The molecule has 1 aromatic rings. The molecule has 0 saturated heterocycles. The maximum Gasteiger partial charge on any atom is 0.317 e. The zero-order valence-corrected chi connectivity index (χ0v) is 8.99. The fourth-order valence-electron chi connectivity index (χ4n) is 1.67. The number of oxazole rings is 1. The second-order valence-electron chi connectivity index (χ2n) is 4.60. The highest BCUT2D eigenvalue weighted by molar-refractivity contribution is 5.83. The molecule has 0 aliphatic heterocycles. The molecule has 82 valence electrons. The van der Waals surface area contributed by atoms with Crippen LogP contribution in [0.4, 0.5) is 0 Å². The first kappa shape index (κ1) is 10.2. The van der Waals surface area contributed by atoms with Crippen LogP contribution in [0.25, 0.3) is 0 Å². The largest absolute Gasteiger partial charge is 0.480 e. The van der Waals surface area contributed by atoms with Crippen LogP contribution >= 0.6 is 0 Å². The van der Waals surface area contributed by atoms with E-state index in [-0.39, 0.29) is 0 Å². The van der Waals surface area contributed by atoms with Gasteiger partial charge >= 0.3 is 5.97 Å². The lowest BCUT2D eigenvalue weighted by molar-refractivity contribution is -0.140. The summed E-state index contributed by atoms with van der Waals surface area (Å²) in [6.45, 7) is 4.15. The Morgan fingerprint density at radius 1 is 1.67 bits per heavy atom. The van der Waals surface area contributed by atoms with Crippen LogP contribution in [0.2, 0.25) is 0 Å². The topological polar surface area (TPSA) is 63.3 Å². The number of hydrogen-bond donors (Lipinski definition) is 1. The Morgan fingerprint density at radius 3 is 2.80 bits per heavy atom. The fourth-order valence-corrected chi connectivity index (χ4v) is 1.67. The zero-order chi connectivity index (χ0) is 11.1. The third kappa shape index (κ3) is 1.76. The van der Waals surface area contributed by atoms with E-state index in [1.165, 1.54) is 0 Å². The van der Waals surface area contributed by atoms with Crippen LogP contribution in [0.5, 0.6) is 0 Å². The van der Waals surface area contributed by atoms with E-state index in [0.717, 1.165) is 6.42 Å². The number of carboxylic acids is 1. The summed E-state index contributed by atoms with van der Waals surface area (Å²) in [5.74, 6) is 0.837. The average molecular weight is 209 g/mol. The van der Waals surface area contributed by atoms with Crippen LogP contribution in [0.3, 0.4) is 0 Å². The Balaban J connectivity index is 2.17. The third-order valence-corrected chi connectivity index (χ3v) is 2.77. The van der Waals surface area contributed by atoms with Crippen LogP contribution in [0.15, 0.2) is 10.6 Å². The van der Waals surface area contributed by atoms with Crippen LogP contribution in [-0.2, 0) is 16.6 Å². The van der Waals surface area contributed by atoms with Gasteiger partial charge in [-0.2, -0.15) is 0 Å². The van der Waals surface area contributed by atoms with Crippen molar-refractivity contribution in [3.8, 4) is 0 Å². The summed E-state index contributed by atoms with van der Waals surface area (Å²) in [5, 5.41) is 9.06. The Kier molecular flexibility index (Phi) is 2.29. The molecule has 1 aromatic heterocycles. The van der Waals surface area contributed by atoms with Gasteiger partial charge in [-0.25, -0.2) is 4.98 Å². The van der Waals surface area contributed by atoms with E-state index in [4.69, 9.17) is 9.52 Å². The van der Waals surface area contributed by atoms with Gasteiger partial charge in [-0.1, -0.05) is 13.8 Å². The first-order valence-corrected chi connectivity index (χ1v) is 5.23. The lowest BCUT2D eigenvalue weighted by Gasteiger charge is -2.04. The number of hydrogen-bond acceptors (Lipinski definition) is 3. The lowest BCUT2D eigenvalue weighted by atomic mass is 10.1. The molecule has 0 aromatic carbocycles. The average Bonchev–Trinajstić information content (AvgIpc) is 2.83. The van der Waals surface area contributed by atoms with E-state index in [0.29, 0.717) is 30.4 Å². The fraction of sp³-hybridized carbons (Fsp3) is 0.636. The lowest BCUT2D eigenvalue weighted by Crippen LogP contribution is -2.18. The van der Waals surface area contributed by atoms with Gasteiger partial charge in [-0.3, -0.25) is 4.79 Å². The predicted molar refractivity (Wildman–Crippen MR) is 53.6 cm³/mol. The van der Waals surface area contributed by atoms with Crippen molar-refractivity contribution in [2.45, 2.75) is 38.5 Å². The molecular formula is C11H15NO3. The normalized spacial score (nSPS) is 18.1. The molecule has 0 radical (unpaired) electrons.